The average molecular weight is 432 g/mol. The van der Waals surface area contributed by atoms with Gasteiger partial charge in [-0.3, -0.25) is 0 Å². The first-order valence-corrected chi connectivity index (χ1v) is 11.2. The van der Waals surface area contributed by atoms with Gasteiger partial charge < -0.3 is 10.1 Å². The molecule has 1 atom stereocenters. The Morgan fingerprint density at radius 2 is 1.48 bits per heavy atom. The number of hydrogen-bond acceptors (Lipinski definition) is 2. The van der Waals surface area contributed by atoms with Gasteiger partial charge in [0.1, 0.15) is 6.29 Å². The molecule has 0 aromatic heterocycles. The minimum atomic E-state index is 0.0988. The van der Waals surface area contributed by atoms with Crippen molar-refractivity contribution in [3.63, 3.8) is 0 Å². The predicted molar refractivity (Wildman–Crippen MR) is 127 cm³/mol. The number of halogens is 2. The summed E-state index contributed by atoms with van der Waals surface area (Å²) in [5.74, 6) is 0.0988. The highest BCUT2D eigenvalue weighted by Gasteiger charge is 2.22. The number of carbonyl (C=O) groups is 1. The lowest BCUT2D eigenvalue weighted by Gasteiger charge is -2.25. The highest BCUT2D eigenvalue weighted by molar-refractivity contribution is 6.31. The molecule has 4 heteroatoms. The molecule has 0 spiro atoms. The van der Waals surface area contributed by atoms with Gasteiger partial charge in [-0.05, 0) is 85.8 Å². The Labute approximate surface area is 185 Å². The van der Waals surface area contributed by atoms with Crippen LogP contribution in [0.5, 0.6) is 0 Å². The zero-order valence-electron chi connectivity index (χ0n) is 17.4. The van der Waals surface area contributed by atoms with Gasteiger partial charge >= 0.3 is 0 Å². The number of nitrogens with one attached hydrogen (secondary N) is 1. The largest absolute Gasteiger partial charge is 0.320 e. The molecule has 0 bridgehead atoms. The van der Waals surface area contributed by atoms with Crippen molar-refractivity contribution < 1.29 is 4.79 Å². The second-order valence-electron chi connectivity index (χ2n) is 7.42. The molecule has 1 unspecified atom stereocenters. The zero-order chi connectivity index (χ0) is 21.1. The minimum Gasteiger partial charge on any atom is -0.320 e. The number of benzene rings is 2. The molecule has 2 nitrogen and oxygen atoms in total. The lowest BCUT2D eigenvalue weighted by molar-refractivity contribution is -0.111. The molecule has 0 amide bonds. The Kier molecular flexibility index (Phi) is 10.5. The van der Waals surface area contributed by atoms with Gasteiger partial charge in [-0.15, -0.1) is 0 Å². The molecule has 1 aliphatic carbocycles. The predicted octanol–water partition coefficient (Wildman–Crippen LogP) is 7.30. The Morgan fingerprint density at radius 1 is 0.931 bits per heavy atom. The molecule has 0 fully saturated rings. The summed E-state index contributed by atoms with van der Waals surface area (Å²) >= 11 is 12.0. The first-order chi connectivity index (χ1) is 14.1. The highest BCUT2D eigenvalue weighted by Crippen LogP contribution is 2.40. The smallest absolute Gasteiger partial charge is 0.123 e. The summed E-state index contributed by atoms with van der Waals surface area (Å²) in [6, 6.07) is 15.8. The number of carbonyl (C=O) groups excluding carboxylic acids is 1. The van der Waals surface area contributed by atoms with Gasteiger partial charge in [-0.2, -0.15) is 0 Å². The van der Waals surface area contributed by atoms with Crippen molar-refractivity contribution in [3.8, 4) is 0 Å². The third-order valence-electron chi connectivity index (χ3n) is 5.20. The summed E-state index contributed by atoms with van der Waals surface area (Å²) in [5.41, 5.74) is 4.86. The number of allylic oxidation sites excluding steroid dienone is 2. The molecule has 29 heavy (non-hydrogen) atoms. The number of aldehydes is 1. The molecule has 2 aromatic rings. The standard InChI is InChI=1S/C19H16Cl2O.C6H15N/c20-16-6-2-14(3-7-16)18-10-1-13(12-22)11-19(18)15-4-8-17(21)9-5-15;1-3-4-5-6-7-2/h2-9,12-13H,1,10-11H2;7H,3-6H2,1-2H3. The molecular weight excluding hydrogens is 401 g/mol. The SMILES string of the molecule is CCCCCNC.O=CC1CCC(c2ccc(Cl)cc2)=C(c2ccc(Cl)cc2)C1. The van der Waals surface area contributed by atoms with Gasteiger partial charge in [0.2, 0.25) is 0 Å². The molecule has 0 aliphatic heterocycles. The normalized spacial score (nSPS) is 16.2. The van der Waals surface area contributed by atoms with E-state index in [-0.39, 0.29) is 5.92 Å². The van der Waals surface area contributed by atoms with Crippen LogP contribution in [0.4, 0.5) is 0 Å². The average Bonchev–Trinajstić information content (AvgIpc) is 2.75. The van der Waals surface area contributed by atoms with E-state index in [9.17, 15) is 4.79 Å². The van der Waals surface area contributed by atoms with Crippen molar-refractivity contribution in [2.24, 2.45) is 5.92 Å². The van der Waals surface area contributed by atoms with Crippen LogP contribution in [0.1, 0.15) is 56.6 Å². The van der Waals surface area contributed by atoms with E-state index in [1.807, 2.05) is 43.4 Å². The monoisotopic (exact) mass is 431 g/mol. The van der Waals surface area contributed by atoms with Crippen LogP contribution < -0.4 is 5.32 Å². The molecule has 0 radical (unpaired) electrons. The highest BCUT2D eigenvalue weighted by atomic mass is 35.5. The second-order valence-corrected chi connectivity index (χ2v) is 8.29. The van der Waals surface area contributed by atoms with E-state index < -0.39 is 0 Å². The topological polar surface area (TPSA) is 29.1 Å². The quantitative estimate of drug-likeness (QED) is 0.367. The van der Waals surface area contributed by atoms with E-state index >= 15 is 0 Å². The summed E-state index contributed by atoms with van der Waals surface area (Å²) < 4.78 is 0. The summed E-state index contributed by atoms with van der Waals surface area (Å²) in [6.07, 6.45) is 7.68. The maximum atomic E-state index is 11.2. The number of unbranched alkanes of at least 4 members (excludes halogenated alkanes) is 2. The van der Waals surface area contributed by atoms with Crippen molar-refractivity contribution in [2.45, 2.75) is 45.4 Å². The Hall–Kier alpha value is -1.61. The van der Waals surface area contributed by atoms with Crippen molar-refractivity contribution in [1.82, 2.24) is 5.32 Å². The van der Waals surface area contributed by atoms with E-state index in [4.69, 9.17) is 23.2 Å². The second kappa shape index (κ2) is 12.8. The summed E-state index contributed by atoms with van der Waals surface area (Å²) in [5, 5.41) is 4.56. The fourth-order valence-corrected chi connectivity index (χ4v) is 3.80. The van der Waals surface area contributed by atoms with Crippen LogP contribution in [0.2, 0.25) is 10.0 Å². The zero-order valence-corrected chi connectivity index (χ0v) is 18.9. The summed E-state index contributed by atoms with van der Waals surface area (Å²) in [7, 11) is 2.00. The summed E-state index contributed by atoms with van der Waals surface area (Å²) in [6.45, 7) is 3.39. The van der Waals surface area contributed by atoms with E-state index in [1.165, 1.54) is 42.5 Å². The molecule has 3 rings (SSSR count). The van der Waals surface area contributed by atoms with Crippen molar-refractivity contribution >= 4 is 40.6 Å². The fraction of sp³-hybridized carbons (Fsp3) is 0.400. The van der Waals surface area contributed by atoms with E-state index in [2.05, 4.69) is 24.4 Å². The van der Waals surface area contributed by atoms with Gasteiger partial charge in [-0.1, -0.05) is 67.2 Å². The molecule has 2 aromatic carbocycles. The third kappa shape index (κ3) is 7.62. The lowest BCUT2D eigenvalue weighted by Crippen LogP contribution is -2.11. The number of rotatable bonds is 7. The van der Waals surface area contributed by atoms with Crippen LogP contribution in [-0.2, 0) is 4.79 Å². The maximum Gasteiger partial charge on any atom is 0.123 e. The van der Waals surface area contributed by atoms with E-state index in [0.717, 1.165) is 41.2 Å². The van der Waals surface area contributed by atoms with Gasteiger partial charge in [0.05, 0.1) is 0 Å². The van der Waals surface area contributed by atoms with Crippen LogP contribution in [0.15, 0.2) is 48.5 Å². The maximum absolute atomic E-state index is 11.2. The van der Waals surface area contributed by atoms with Gasteiger partial charge in [0.15, 0.2) is 0 Å². The van der Waals surface area contributed by atoms with Crippen LogP contribution in [0.3, 0.4) is 0 Å². The molecule has 0 saturated heterocycles. The summed E-state index contributed by atoms with van der Waals surface area (Å²) in [4.78, 5) is 11.2. The minimum absolute atomic E-state index is 0.0988. The molecule has 0 heterocycles. The Bertz CT molecular complexity index is 777. The van der Waals surface area contributed by atoms with E-state index in [1.54, 1.807) is 0 Å². The molecule has 156 valence electrons. The van der Waals surface area contributed by atoms with Crippen molar-refractivity contribution in [3.05, 3.63) is 69.7 Å². The van der Waals surface area contributed by atoms with Gasteiger partial charge in [0, 0.05) is 16.0 Å². The van der Waals surface area contributed by atoms with E-state index in [0.29, 0.717) is 0 Å². The Morgan fingerprint density at radius 3 is 1.97 bits per heavy atom. The van der Waals surface area contributed by atoms with Crippen molar-refractivity contribution in [2.75, 3.05) is 13.6 Å². The van der Waals surface area contributed by atoms with Crippen LogP contribution in [0, 0.1) is 5.92 Å². The molecule has 0 saturated carbocycles. The van der Waals surface area contributed by atoms with Crippen molar-refractivity contribution in [1.29, 1.82) is 0 Å². The lowest BCUT2D eigenvalue weighted by atomic mass is 9.79. The van der Waals surface area contributed by atoms with Crippen LogP contribution >= 0.6 is 23.2 Å². The van der Waals surface area contributed by atoms with Crippen LogP contribution in [-0.4, -0.2) is 19.9 Å². The van der Waals surface area contributed by atoms with Gasteiger partial charge in [0.25, 0.3) is 0 Å². The molecule has 1 aliphatic rings. The Balaban J connectivity index is 0.000000370. The van der Waals surface area contributed by atoms with Gasteiger partial charge in [-0.25, -0.2) is 0 Å². The third-order valence-corrected chi connectivity index (χ3v) is 5.71. The fourth-order valence-electron chi connectivity index (χ4n) is 3.55. The first kappa shape index (κ1) is 23.7. The number of hydrogen-bond donors (Lipinski definition) is 1. The molecular formula is C25H31Cl2NO. The first-order valence-electron chi connectivity index (χ1n) is 10.4. The molecule has 1 N–H and O–H groups in total. The van der Waals surface area contributed by atoms with Crippen LogP contribution in [0.25, 0.3) is 11.1 Å².